The lowest BCUT2D eigenvalue weighted by molar-refractivity contribution is -0.140. The van der Waals surface area contributed by atoms with Crippen LogP contribution in [0.4, 0.5) is 0 Å². The summed E-state index contributed by atoms with van der Waals surface area (Å²) in [6.07, 6.45) is 0.703. The van der Waals surface area contributed by atoms with Crippen LogP contribution in [0.25, 0.3) is 5.76 Å². The molecule has 8 heteroatoms. The number of nitrogens with zero attached hydrogens (tertiary/aromatic N) is 2. The molecular formula is C24H28N2O6. The first-order valence-corrected chi connectivity index (χ1v) is 10.9. The van der Waals surface area contributed by atoms with Crippen molar-refractivity contribution >= 4 is 17.4 Å². The Morgan fingerprint density at radius 1 is 1.12 bits per heavy atom. The van der Waals surface area contributed by atoms with Gasteiger partial charge in [-0.25, -0.2) is 0 Å². The van der Waals surface area contributed by atoms with Crippen molar-refractivity contribution in [2.75, 3.05) is 33.0 Å². The summed E-state index contributed by atoms with van der Waals surface area (Å²) in [5, 5.41) is 11.1. The van der Waals surface area contributed by atoms with Gasteiger partial charge in [0.2, 0.25) is 6.79 Å². The highest BCUT2D eigenvalue weighted by Gasteiger charge is 2.47. The summed E-state index contributed by atoms with van der Waals surface area (Å²) in [6.45, 7) is 9.10. The Hall–Kier alpha value is -3.26. The zero-order valence-corrected chi connectivity index (χ0v) is 18.6. The van der Waals surface area contributed by atoms with Crippen LogP contribution in [-0.2, 0) is 9.59 Å². The maximum atomic E-state index is 13.0. The maximum absolute atomic E-state index is 13.0. The van der Waals surface area contributed by atoms with Crippen LogP contribution < -0.4 is 9.47 Å². The summed E-state index contributed by atoms with van der Waals surface area (Å²) in [5.41, 5.74) is 0.398. The van der Waals surface area contributed by atoms with Crippen molar-refractivity contribution in [3.8, 4) is 11.5 Å². The Balaban J connectivity index is 1.71. The predicted octanol–water partition coefficient (Wildman–Crippen LogP) is 3.47. The standard InChI is InChI=1S/C24H28N2O6/c1-4-25(5-2)11-6-12-26-21(18-9-7-15(3)32-18)20(23(28)24(26)29)22(27)16-8-10-17-19(13-16)31-14-30-17/h7-10,13,21,27H,4-6,11-12,14H2,1-3H3/b22-20+. The number of aliphatic hydroxyl groups is 1. The van der Waals surface area contributed by atoms with Crippen LogP contribution in [0.3, 0.4) is 0 Å². The molecule has 8 nitrogen and oxygen atoms in total. The van der Waals surface area contributed by atoms with Crippen LogP contribution in [0.15, 0.2) is 40.3 Å². The highest BCUT2D eigenvalue weighted by atomic mass is 16.7. The van der Waals surface area contributed by atoms with Gasteiger partial charge in [0.25, 0.3) is 11.7 Å². The molecule has 1 fully saturated rings. The van der Waals surface area contributed by atoms with Gasteiger partial charge in [-0.2, -0.15) is 0 Å². The van der Waals surface area contributed by atoms with Gasteiger partial charge in [0, 0.05) is 12.1 Å². The molecule has 2 aromatic rings. The fourth-order valence-corrected chi connectivity index (χ4v) is 4.21. The Bertz CT molecular complexity index is 1050. The lowest BCUT2D eigenvalue weighted by Gasteiger charge is -2.25. The second kappa shape index (κ2) is 9.08. The number of ketones is 1. The van der Waals surface area contributed by atoms with Crippen LogP contribution >= 0.6 is 0 Å². The number of ether oxygens (including phenoxy) is 2. The molecule has 2 aliphatic rings. The van der Waals surface area contributed by atoms with Crippen molar-refractivity contribution in [3.05, 3.63) is 53.0 Å². The fourth-order valence-electron chi connectivity index (χ4n) is 4.21. The quantitative estimate of drug-likeness (QED) is 0.382. The maximum Gasteiger partial charge on any atom is 0.295 e. The zero-order chi connectivity index (χ0) is 22.8. The number of fused-ring (bicyclic) bond motifs is 1. The number of aliphatic hydroxyl groups excluding tert-OH is 1. The molecule has 0 aliphatic carbocycles. The molecule has 32 heavy (non-hydrogen) atoms. The smallest absolute Gasteiger partial charge is 0.295 e. The van der Waals surface area contributed by atoms with Gasteiger partial charge in [0.15, 0.2) is 11.5 Å². The summed E-state index contributed by atoms with van der Waals surface area (Å²) in [4.78, 5) is 29.8. The van der Waals surface area contributed by atoms with Gasteiger partial charge in [0.05, 0.1) is 5.57 Å². The van der Waals surface area contributed by atoms with Crippen molar-refractivity contribution in [1.82, 2.24) is 9.80 Å². The van der Waals surface area contributed by atoms with Crippen LogP contribution in [0.2, 0.25) is 0 Å². The van der Waals surface area contributed by atoms with E-state index in [1.165, 1.54) is 4.90 Å². The molecule has 0 saturated carbocycles. The summed E-state index contributed by atoms with van der Waals surface area (Å²) in [5.74, 6) is 0.549. The summed E-state index contributed by atoms with van der Waals surface area (Å²) in [7, 11) is 0. The first kappa shape index (κ1) is 22.0. The number of Topliss-reactive ketones (excluding diaryl/α,β-unsaturated/α-hetero) is 1. The highest BCUT2D eigenvalue weighted by molar-refractivity contribution is 6.46. The largest absolute Gasteiger partial charge is 0.507 e. The number of hydrogen-bond donors (Lipinski definition) is 1. The zero-order valence-electron chi connectivity index (χ0n) is 18.6. The molecule has 0 spiro atoms. The van der Waals surface area contributed by atoms with Gasteiger partial charge in [-0.15, -0.1) is 0 Å². The molecule has 1 N–H and O–H groups in total. The number of likely N-dealkylation sites (tertiary alicyclic amines) is 1. The van der Waals surface area contributed by atoms with E-state index in [4.69, 9.17) is 13.9 Å². The fraction of sp³-hybridized carbons (Fsp3) is 0.417. The average Bonchev–Trinajstić information content (AvgIpc) is 3.50. The molecule has 1 unspecified atom stereocenters. The number of benzene rings is 1. The highest BCUT2D eigenvalue weighted by Crippen LogP contribution is 2.41. The van der Waals surface area contributed by atoms with Gasteiger partial charge in [-0.1, -0.05) is 13.8 Å². The summed E-state index contributed by atoms with van der Waals surface area (Å²) >= 11 is 0. The van der Waals surface area contributed by atoms with Crippen molar-refractivity contribution < 1.29 is 28.6 Å². The minimum atomic E-state index is -0.786. The number of hydrogen-bond acceptors (Lipinski definition) is 7. The molecule has 1 saturated heterocycles. The first-order valence-electron chi connectivity index (χ1n) is 10.9. The van der Waals surface area contributed by atoms with Gasteiger partial charge in [0.1, 0.15) is 23.3 Å². The van der Waals surface area contributed by atoms with Crippen LogP contribution in [0, 0.1) is 6.92 Å². The molecule has 0 radical (unpaired) electrons. The molecule has 1 amide bonds. The molecule has 170 valence electrons. The van der Waals surface area contributed by atoms with Crippen molar-refractivity contribution in [1.29, 1.82) is 0 Å². The molecule has 4 rings (SSSR count). The molecule has 1 aromatic heterocycles. The minimum absolute atomic E-state index is 0.0195. The average molecular weight is 440 g/mol. The topological polar surface area (TPSA) is 92.5 Å². The van der Waals surface area contributed by atoms with E-state index >= 15 is 0 Å². The van der Waals surface area contributed by atoms with Crippen molar-refractivity contribution in [2.45, 2.75) is 33.2 Å². The van der Waals surface area contributed by atoms with E-state index in [2.05, 4.69) is 18.7 Å². The van der Waals surface area contributed by atoms with Gasteiger partial charge in [-0.05, 0) is 63.3 Å². The number of rotatable bonds is 8. The van der Waals surface area contributed by atoms with E-state index in [9.17, 15) is 14.7 Å². The van der Waals surface area contributed by atoms with Gasteiger partial charge >= 0.3 is 0 Å². The predicted molar refractivity (Wildman–Crippen MR) is 117 cm³/mol. The second-order valence-electron chi connectivity index (χ2n) is 7.89. The third-order valence-corrected chi connectivity index (χ3v) is 5.98. The molecule has 3 heterocycles. The molecule has 2 aliphatic heterocycles. The van der Waals surface area contributed by atoms with E-state index in [0.717, 1.165) is 19.6 Å². The summed E-state index contributed by atoms with van der Waals surface area (Å²) in [6, 6.07) is 7.66. The van der Waals surface area contributed by atoms with E-state index < -0.39 is 17.7 Å². The molecule has 1 aromatic carbocycles. The Morgan fingerprint density at radius 3 is 2.56 bits per heavy atom. The summed E-state index contributed by atoms with van der Waals surface area (Å²) < 4.78 is 16.5. The van der Waals surface area contributed by atoms with E-state index in [-0.39, 0.29) is 18.1 Å². The SMILES string of the molecule is CCN(CC)CCCN1C(=O)C(=O)/C(=C(/O)c2ccc3c(c2)OCO3)C1c1ccc(C)o1. The van der Waals surface area contributed by atoms with Gasteiger partial charge in [-0.3, -0.25) is 9.59 Å². The van der Waals surface area contributed by atoms with E-state index in [0.29, 0.717) is 41.5 Å². The van der Waals surface area contributed by atoms with Crippen molar-refractivity contribution in [3.63, 3.8) is 0 Å². The Kier molecular flexibility index (Phi) is 6.23. The Morgan fingerprint density at radius 2 is 1.88 bits per heavy atom. The third kappa shape index (κ3) is 3.98. The van der Waals surface area contributed by atoms with Crippen molar-refractivity contribution in [2.24, 2.45) is 0 Å². The van der Waals surface area contributed by atoms with E-state index in [1.807, 2.05) is 0 Å². The number of carbonyl (C=O) groups excluding carboxylic acids is 2. The number of furan rings is 1. The normalized spacial score (nSPS) is 19.4. The Labute approximate surface area is 187 Å². The monoisotopic (exact) mass is 440 g/mol. The van der Waals surface area contributed by atoms with E-state index in [1.54, 1.807) is 37.3 Å². The molecular weight excluding hydrogens is 412 g/mol. The van der Waals surface area contributed by atoms with Crippen LogP contribution in [0.5, 0.6) is 11.5 Å². The second-order valence-corrected chi connectivity index (χ2v) is 7.89. The minimum Gasteiger partial charge on any atom is -0.507 e. The lowest BCUT2D eigenvalue weighted by Crippen LogP contribution is -2.33. The molecule has 1 atom stereocenters. The third-order valence-electron chi connectivity index (χ3n) is 5.98. The lowest BCUT2D eigenvalue weighted by atomic mass is 9.99. The van der Waals surface area contributed by atoms with Crippen LogP contribution in [-0.4, -0.2) is 59.6 Å². The number of aryl methyl sites for hydroxylation is 1. The molecule has 0 bridgehead atoms. The first-order chi connectivity index (χ1) is 15.4. The number of amides is 1. The van der Waals surface area contributed by atoms with Crippen LogP contribution in [0.1, 0.15) is 43.4 Å². The van der Waals surface area contributed by atoms with Gasteiger partial charge < -0.3 is 28.8 Å². The number of carbonyl (C=O) groups is 2.